The Labute approximate surface area is 119 Å². The molecule has 1 unspecified atom stereocenters. The average Bonchev–Trinajstić information content (AvgIpc) is 2.44. The summed E-state index contributed by atoms with van der Waals surface area (Å²) in [5, 5.41) is 3.08. The lowest BCUT2D eigenvalue weighted by Gasteiger charge is -2.13. The minimum absolute atomic E-state index is 0.111. The van der Waals surface area contributed by atoms with Crippen molar-refractivity contribution in [3.05, 3.63) is 58.9 Å². The molecule has 2 nitrogen and oxygen atoms in total. The maximum absolute atomic E-state index is 14.1. The van der Waals surface area contributed by atoms with Crippen LogP contribution < -0.4 is 10.1 Å². The van der Waals surface area contributed by atoms with Crippen molar-refractivity contribution in [2.24, 2.45) is 0 Å². The summed E-state index contributed by atoms with van der Waals surface area (Å²) in [6, 6.07) is 10.9. The first-order chi connectivity index (χ1) is 9.51. The van der Waals surface area contributed by atoms with E-state index in [4.69, 9.17) is 4.74 Å². The third kappa shape index (κ3) is 3.17. The summed E-state index contributed by atoms with van der Waals surface area (Å²) in [7, 11) is 1.85. The smallest absolute Gasteiger partial charge is 0.166 e. The molecule has 0 amide bonds. The quantitative estimate of drug-likeness (QED) is 0.884. The van der Waals surface area contributed by atoms with E-state index in [1.165, 1.54) is 11.6 Å². The molecule has 1 atom stereocenters. The third-order valence-electron chi connectivity index (χ3n) is 3.60. The number of hydrogen-bond acceptors (Lipinski definition) is 2. The Hall–Kier alpha value is -1.87. The first-order valence-corrected chi connectivity index (χ1v) is 6.73. The molecule has 0 aliphatic heterocycles. The molecule has 0 heterocycles. The van der Waals surface area contributed by atoms with Crippen molar-refractivity contribution in [3.8, 4) is 11.5 Å². The highest BCUT2D eigenvalue weighted by Gasteiger charge is 2.09. The van der Waals surface area contributed by atoms with Crippen molar-refractivity contribution < 1.29 is 9.13 Å². The van der Waals surface area contributed by atoms with Crippen molar-refractivity contribution >= 4 is 0 Å². The summed E-state index contributed by atoms with van der Waals surface area (Å²) < 4.78 is 19.7. The van der Waals surface area contributed by atoms with E-state index in [2.05, 4.69) is 5.32 Å². The van der Waals surface area contributed by atoms with Crippen LogP contribution >= 0.6 is 0 Å². The van der Waals surface area contributed by atoms with Gasteiger partial charge in [0.1, 0.15) is 5.75 Å². The fourth-order valence-electron chi connectivity index (χ4n) is 1.94. The van der Waals surface area contributed by atoms with Crippen molar-refractivity contribution in [1.82, 2.24) is 5.32 Å². The molecule has 0 fully saturated rings. The van der Waals surface area contributed by atoms with E-state index >= 15 is 0 Å². The molecule has 0 saturated heterocycles. The van der Waals surface area contributed by atoms with Gasteiger partial charge in [0.2, 0.25) is 0 Å². The standard InChI is InChI=1S/C17H20FNO/c1-11-5-7-15(9-12(11)2)20-17-8-6-14(10-16(17)18)13(3)19-4/h5-10,13,19H,1-4H3. The molecular weight excluding hydrogens is 253 g/mol. The number of rotatable bonds is 4. The van der Waals surface area contributed by atoms with Crippen molar-refractivity contribution in [3.63, 3.8) is 0 Å². The van der Waals surface area contributed by atoms with Crippen LogP contribution in [0.3, 0.4) is 0 Å². The van der Waals surface area contributed by atoms with Gasteiger partial charge in [0.05, 0.1) is 0 Å². The maximum Gasteiger partial charge on any atom is 0.166 e. The van der Waals surface area contributed by atoms with Gasteiger partial charge in [-0.2, -0.15) is 0 Å². The topological polar surface area (TPSA) is 21.3 Å². The van der Waals surface area contributed by atoms with E-state index < -0.39 is 0 Å². The van der Waals surface area contributed by atoms with Gasteiger partial charge in [0, 0.05) is 6.04 Å². The fraction of sp³-hybridized carbons (Fsp3) is 0.294. The lowest BCUT2D eigenvalue weighted by Crippen LogP contribution is -2.12. The second-order valence-corrected chi connectivity index (χ2v) is 5.05. The number of halogens is 1. The van der Waals surface area contributed by atoms with Crippen LogP contribution in [-0.4, -0.2) is 7.05 Å². The Balaban J connectivity index is 2.23. The largest absolute Gasteiger partial charge is 0.454 e. The van der Waals surface area contributed by atoms with Gasteiger partial charge in [-0.15, -0.1) is 0 Å². The molecular formula is C17H20FNO. The number of hydrogen-bond donors (Lipinski definition) is 1. The predicted octanol–water partition coefficient (Wildman–Crippen LogP) is 4.52. The van der Waals surface area contributed by atoms with Crippen molar-refractivity contribution in [2.45, 2.75) is 26.8 Å². The number of nitrogens with one attached hydrogen (secondary N) is 1. The Morgan fingerprint density at radius 3 is 2.40 bits per heavy atom. The molecule has 0 aromatic heterocycles. The van der Waals surface area contributed by atoms with Crippen molar-refractivity contribution in [2.75, 3.05) is 7.05 Å². The maximum atomic E-state index is 14.1. The van der Waals surface area contributed by atoms with Crippen LogP contribution in [0.2, 0.25) is 0 Å². The molecule has 1 N–H and O–H groups in total. The van der Waals surface area contributed by atoms with Gasteiger partial charge in [0.25, 0.3) is 0 Å². The molecule has 0 saturated carbocycles. The molecule has 2 rings (SSSR count). The van der Waals surface area contributed by atoms with E-state index in [0.29, 0.717) is 5.75 Å². The minimum Gasteiger partial charge on any atom is -0.454 e. The van der Waals surface area contributed by atoms with Crippen LogP contribution in [0.25, 0.3) is 0 Å². The summed E-state index contributed by atoms with van der Waals surface area (Å²) in [6.07, 6.45) is 0. The Morgan fingerprint density at radius 1 is 1.05 bits per heavy atom. The number of ether oxygens (including phenoxy) is 1. The molecule has 2 aromatic carbocycles. The van der Waals surface area contributed by atoms with Crippen molar-refractivity contribution in [1.29, 1.82) is 0 Å². The van der Waals surface area contributed by atoms with Gasteiger partial charge in [0.15, 0.2) is 11.6 Å². The van der Waals surface area contributed by atoms with Gasteiger partial charge in [-0.1, -0.05) is 12.1 Å². The Kier molecular flexibility index (Phi) is 4.40. The Bertz CT molecular complexity index is 610. The second kappa shape index (κ2) is 6.06. The zero-order chi connectivity index (χ0) is 14.7. The first kappa shape index (κ1) is 14.5. The number of benzene rings is 2. The summed E-state index contributed by atoms with van der Waals surface area (Å²) >= 11 is 0. The molecule has 0 bridgehead atoms. The van der Waals surface area contributed by atoms with Gasteiger partial charge >= 0.3 is 0 Å². The monoisotopic (exact) mass is 273 g/mol. The van der Waals surface area contributed by atoms with Crippen LogP contribution in [-0.2, 0) is 0 Å². The molecule has 0 spiro atoms. The first-order valence-electron chi connectivity index (χ1n) is 6.73. The normalized spacial score (nSPS) is 12.2. The lowest BCUT2D eigenvalue weighted by molar-refractivity contribution is 0.440. The highest BCUT2D eigenvalue weighted by molar-refractivity contribution is 5.39. The summed E-state index contributed by atoms with van der Waals surface area (Å²) in [6.45, 7) is 6.03. The highest BCUT2D eigenvalue weighted by atomic mass is 19.1. The summed E-state index contributed by atoms with van der Waals surface area (Å²) in [5.74, 6) is 0.560. The van der Waals surface area contributed by atoms with E-state index in [-0.39, 0.29) is 17.6 Å². The third-order valence-corrected chi connectivity index (χ3v) is 3.60. The van der Waals surface area contributed by atoms with E-state index in [1.54, 1.807) is 6.07 Å². The van der Waals surface area contributed by atoms with Crippen LogP contribution in [0.15, 0.2) is 36.4 Å². The SMILES string of the molecule is CNC(C)c1ccc(Oc2ccc(C)c(C)c2)c(F)c1. The van der Waals surface area contributed by atoms with Crippen LogP contribution in [0, 0.1) is 19.7 Å². The zero-order valence-electron chi connectivity index (χ0n) is 12.3. The zero-order valence-corrected chi connectivity index (χ0v) is 12.3. The lowest BCUT2D eigenvalue weighted by atomic mass is 10.1. The molecule has 0 aliphatic rings. The van der Waals surface area contributed by atoms with Gasteiger partial charge in [-0.05, 0) is 68.8 Å². The second-order valence-electron chi connectivity index (χ2n) is 5.05. The minimum atomic E-state index is -0.345. The molecule has 0 aliphatic carbocycles. The van der Waals surface area contributed by atoms with Gasteiger partial charge in [-0.25, -0.2) is 4.39 Å². The van der Waals surface area contributed by atoms with Crippen LogP contribution in [0.4, 0.5) is 4.39 Å². The number of aryl methyl sites for hydroxylation is 2. The van der Waals surface area contributed by atoms with E-state index in [0.717, 1.165) is 11.1 Å². The fourth-order valence-corrected chi connectivity index (χ4v) is 1.94. The van der Waals surface area contributed by atoms with Gasteiger partial charge < -0.3 is 10.1 Å². The highest BCUT2D eigenvalue weighted by Crippen LogP contribution is 2.28. The molecule has 3 heteroatoms. The van der Waals surface area contributed by atoms with E-state index in [1.807, 2.05) is 52.1 Å². The molecule has 106 valence electrons. The predicted molar refractivity (Wildman–Crippen MR) is 79.9 cm³/mol. The summed E-state index contributed by atoms with van der Waals surface area (Å²) in [4.78, 5) is 0. The Morgan fingerprint density at radius 2 is 1.80 bits per heavy atom. The van der Waals surface area contributed by atoms with Gasteiger partial charge in [-0.3, -0.25) is 0 Å². The van der Waals surface area contributed by atoms with Crippen LogP contribution in [0.5, 0.6) is 11.5 Å². The average molecular weight is 273 g/mol. The van der Waals surface area contributed by atoms with E-state index in [9.17, 15) is 4.39 Å². The molecule has 20 heavy (non-hydrogen) atoms. The summed E-state index contributed by atoms with van der Waals surface area (Å²) in [5.41, 5.74) is 3.22. The van der Waals surface area contributed by atoms with Crippen LogP contribution in [0.1, 0.15) is 29.7 Å². The molecule has 0 radical (unpaired) electrons. The molecule has 2 aromatic rings.